The third-order valence-corrected chi connectivity index (χ3v) is 5.59. The Hall–Kier alpha value is -2.67. The molecule has 0 radical (unpaired) electrons. The molecule has 2 aromatic carbocycles. The molecule has 0 aliphatic heterocycles. The maximum Gasteiger partial charge on any atom is 0.234 e. The number of sulfone groups is 1. The molecule has 4 rings (SSSR count). The lowest BCUT2D eigenvalue weighted by molar-refractivity contribution is 0.576. The van der Waals surface area contributed by atoms with Crippen molar-refractivity contribution in [3.8, 4) is 11.5 Å². The molecule has 1 N–H and O–H groups in total. The first-order valence-electron chi connectivity index (χ1n) is 7.87. The van der Waals surface area contributed by atoms with Gasteiger partial charge in [-0.1, -0.05) is 18.2 Å². The predicted molar refractivity (Wildman–Crippen MR) is 90.4 cm³/mol. The van der Waals surface area contributed by atoms with Gasteiger partial charge in [0.05, 0.1) is 4.90 Å². The lowest BCUT2D eigenvalue weighted by atomic mass is 10.2. The van der Waals surface area contributed by atoms with E-state index in [1.807, 2.05) is 0 Å². The summed E-state index contributed by atoms with van der Waals surface area (Å²) in [5, 5.41) is 2.93. The number of hydrogen-bond donors (Lipinski definition) is 1. The highest BCUT2D eigenvalue weighted by Crippen LogP contribution is 2.35. The monoisotopic (exact) mass is 358 g/mol. The molecule has 7 heteroatoms. The van der Waals surface area contributed by atoms with Crippen LogP contribution in [0.1, 0.15) is 12.8 Å². The zero-order chi connectivity index (χ0) is 17.4. The Kier molecular flexibility index (Phi) is 3.80. The summed E-state index contributed by atoms with van der Waals surface area (Å²) in [6.07, 6.45) is 1.91. The molecular formula is C18H15FN2O3S. The van der Waals surface area contributed by atoms with Gasteiger partial charge in [0.25, 0.3) is 0 Å². The number of hydrogen-bond acceptors (Lipinski definition) is 5. The second-order valence-electron chi connectivity index (χ2n) is 5.90. The minimum Gasteiger partial charge on any atom is -0.419 e. The van der Waals surface area contributed by atoms with Crippen molar-refractivity contribution < 1.29 is 17.2 Å². The van der Waals surface area contributed by atoms with Crippen molar-refractivity contribution >= 4 is 15.7 Å². The number of aromatic nitrogens is 1. The van der Waals surface area contributed by atoms with Crippen LogP contribution in [-0.2, 0) is 9.84 Å². The quantitative estimate of drug-likeness (QED) is 0.749. The van der Waals surface area contributed by atoms with Gasteiger partial charge < -0.3 is 9.73 Å². The Balaban J connectivity index is 1.81. The van der Waals surface area contributed by atoms with E-state index in [0.29, 0.717) is 5.56 Å². The van der Waals surface area contributed by atoms with Crippen LogP contribution >= 0.6 is 0 Å². The van der Waals surface area contributed by atoms with Crippen molar-refractivity contribution in [2.75, 3.05) is 5.32 Å². The summed E-state index contributed by atoms with van der Waals surface area (Å²) in [6.45, 7) is 0. The SMILES string of the molecule is O=S(=O)(c1ccccc1)c1nc(-c2ccc(F)cc2)oc1NC1CC1. The Morgan fingerprint density at radius 1 is 1.04 bits per heavy atom. The molecule has 128 valence electrons. The maximum absolute atomic E-state index is 13.1. The van der Waals surface area contributed by atoms with Gasteiger partial charge in [-0.15, -0.1) is 0 Å². The lowest BCUT2D eigenvalue weighted by Crippen LogP contribution is -2.08. The molecule has 1 aliphatic carbocycles. The predicted octanol–water partition coefficient (Wildman–Crippen LogP) is 3.89. The standard InChI is InChI=1S/C18H15FN2O3S/c19-13-8-6-12(7-9-13)16-21-18(17(24-16)20-14-10-11-14)25(22,23)15-4-2-1-3-5-15/h1-9,14,20H,10-11H2. The number of benzene rings is 2. The minimum atomic E-state index is -3.82. The fourth-order valence-corrected chi connectivity index (χ4v) is 3.71. The topological polar surface area (TPSA) is 72.2 Å². The third kappa shape index (κ3) is 3.15. The van der Waals surface area contributed by atoms with Gasteiger partial charge in [0.15, 0.2) is 0 Å². The average molecular weight is 358 g/mol. The number of nitrogens with zero attached hydrogens (tertiary/aromatic N) is 1. The van der Waals surface area contributed by atoms with Crippen LogP contribution < -0.4 is 5.32 Å². The van der Waals surface area contributed by atoms with Gasteiger partial charge in [0.1, 0.15) is 5.82 Å². The van der Waals surface area contributed by atoms with E-state index in [0.717, 1.165) is 12.8 Å². The van der Waals surface area contributed by atoms with Crippen LogP contribution in [-0.4, -0.2) is 19.4 Å². The van der Waals surface area contributed by atoms with E-state index >= 15 is 0 Å². The summed E-state index contributed by atoms with van der Waals surface area (Å²) in [5.41, 5.74) is 0.509. The van der Waals surface area contributed by atoms with Crippen LogP contribution in [0, 0.1) is 5.82 Å². The normalized spacial score (nSPS) is 14.4. The molecule has 0 atom stereocenters. The maximum atomic E-state index is 13.1. The zero-order valence-corrected chi connectivity index (χ0v) is 14.0. The first kappa shape index (κ1) is 15.8. The Morgan fingerprint density at radius 3 is 2.36 bits per heavy atom. The molecule has 5 nitrogen and oxygen atoms in total. The van der Waals surface area contributed by atoms with Gasteiger partial charge in [-0.05, 0) is 49.2 Å². The number of oxazole rings is 1. The third-order valence-electron chi connectivity index (χ3n) is 3.91. The van der Waals surface area contributed by atoms with Gasteiger partial charge in [-0.2, -0.15) is 4.98 Å². The molecule has 1 heterocycles. The van der Waals surface area contributed by atoms with E-state index in [9.17, 15) is 12.8 Å². The molecule has 0 saturated heterocycles. The molecule has 0 bridgehead atoms. The molecule has 3 aromatic rings. The summed E-state index contributed by atoms with van der Waals surface area (Å²) in [6, 6.07) is 13.8. The Labute approximate surface area is 144 Å². The van der Waals surface area contributed by atoms with E-state index in [2.05, 4.69) is 10.3 Å². The highest BCUT2D eigenvalue weighted by atomic mass is 32.2. The number of rotatable bonds is 5. The van der Waals surface area contributed by atoms with Crippen molar-refractivity contribution in [1.29, 1.82) is 0 Å². The highest BCUT2D eigenvalue weighted by molar-refractivity contribution is 7.91. The number of anilines is 1. The Morgan fingerprint density at radius 2 is 1.72 bits per heavy atom. The van der Waals surface area contributed by atoms with Gasteiger partial charge >= 0.3 is 0 Å². The van der Waals surface area contributed by atoms with Crippen LogP contribution in [0.4, 0.5) is 10.3 Å². The summed E-state index contributed by atoms with van der Waals surface area (Å²) in [5.74, 6) is -0.118. The van der Waals surface area contributed by atoms with Crippen molar-refractivity contribution in [3.63, 3.8) is 0 Å². The molecule has 25 heavy (non-hydrogen) atoms. The fraction of sp³-hybridized carbons (Fsp3) is 0.167. The molecule has 1 aromatic heterocycles. The van der Waals surface area contributed by atoms with E-state index in [-0.39, 0.29) is 33.6 Å². The van der Waals surface area contributed by atoms with Crippen molar-refractivity contribution in [2.24, 2.45) is 0 Å². The van der Waals surface area contributed by atoms with Gasteiger partial charge in [-0.3, -0.25) is 0 Å². The van der Waals surface area contributed by atoms with Crippen LogP contribution in [0.15, 0.2) is 68.9 Å². The summed E-state index contributed by atoms with van der Waals surface area (Å²) in [4.78, 5) is 4.35. The van der Waals surface area contributed by atoms with Gasteiger partial charge in [0.2, 0.25) is 26.6 Å². The average Bonchev–Trinajstić information content (AvgIpc) is 3.33. The van der Waals surface area contributed by atoms with Crippen LogP contribution in [0.5, 0.6) is 0 Å². The second kappa shape index (κ2) is 6.00. The van der Waals surface area contributed by atoms with Gasteiger partial charge in [0, 0.05) is 11.6 Å². The van der Waals surface area contributed by atoms with Crippen LogP contribution in [0.2, 0.25) is 0 Å². The molecule has 0 amide bonds. The first-order chi connectivity index (χ1) is 12.0. The first-order valence-corrected chi connectivity index (χ1v) is 9.36. The molecular weight excluding hydrogens is 343 g/mol. The van der Waals surface area contributed by atoms with Crippen molar-refractivity contribution in [2.45, 2.75) is 28.8 Å². The van der Waals surface area contributed by atoms with Crippen LogP contribution in [0.25, 0.3) is 11.5 Å². The molecule has 1 fully saturated rings. The largest absolute Gasteiger partial charge is 0.419 e. The number of nitrogens with one attached hydrogen (secondary N) is 1. The fourth-order valence-electron chi connectivity index (χ4n) is 2.42. The molecule has 0 unspecified atom stereocenters. The minimum absolute atomic E-state index is 0.130. The second-order valence-corrected chi connectivity index (χ2v) is 7.76. The van der Waals surface area contributed by atoms with E-state index in [1.54, 1.807) is 18.2 Å². The lowest BCUT2D eigenvalue weighted by Gasteiger charge is -2.04. The molecule has 1 saturated carbocycles. The summed E-state index contributed by atoms with van der Waals surface area (Å²) in [7, 11) is -3.82. The van der Waals surface area contributed by atoms with E-state index in [1.165, 1.54) is 36.4 Å². The van der Waals surface area contributed by atoms with Crippen LogP contribution in [0.3, 0.4) is 0 Å². The zero-order valence-electron chi connectivity index (χ0n) is 13.1. The molecule has 1 aliphatic rings. The summed E-state index contributed by atoms with van der Waals surface area (Å²) >= 11 is 0. The smallest absolute Gasteiger partial charge is 0.234 e. The van der Waals surface area contributed by atoms with Crippen molar-refractivity contribution in [3.05, 3.63) is 60.4 Å². The summed E-state index contributed by atoms with van der Waals surface area (Å²) < 4.78 is 44.7. The highest BCUT2D eigenvalue weighted by Gasteiger charge is 2.32. The van der Waals surface area contributed by atoms with E-state index in [4.69, 9.17) is 4.42 Å². The number of halogens is 1. The van der Waals surface area contributed by atoms with E-state index < -0.39 is 9.84 Å². The Bertz CT molecular complexity index is 995. The van der Waals surface area contributed by atoms with Gasteiger partial charge in [-0.25, -0.2) is 12.8 Å². The van der Waals surface area contributed by atoms with Crippen molar-refractivity contribution in [1.82, 2.24) is 4.98 Å². The molecule has 0 spiro atoms.